The molecule has 0 radical (unpaired) electrons. The van der Waals surface area contributed by atoms with Crippen LogP contribution >= 0.6 is 0 Å². The molecule has 1 unspecified atom stereocenters. The van der Waals surface area contributed by atoms with Gasteiger partial charge in [0.15, 0.2) is 12.1 Å². The number of aliphatic hydroxyl groups excluding tert-OH is 1. The van der Waals surface area contributed by atoms with Gasteiger partial charge in [0, 0.05) is 37.2 Å². The minimum atomic E-state index is -1.16. The number of methoxy groups -OCH3 is 1. The Labute approximate surface area is 309 Å². The van der Waals surface area contributed by atoms with Crippen LogP contribution in [0.2, 0.25) is 0 Å². The zero-order chi connectivity index (χ0) is 38.9. The van der Waals surface area contributed by atoms with E-state index < -0.39 is 65.5 Å². The number of ether oxygens (including phenoxy) is 5. The number of Topliss-reactive ketones (excluding diaryl/α,β-unsaturated/α-hetero) is 1. The lowest BCUT2D eigenvalue weighted by Gasteiger charge is -2.47. The predicted molar refractivity (Wildman–Crippen MR) is 195 cm³/mol. The summed E-state index contributed by atoms with van der Waals surface area (Å²) in [4.78, 5) is 43.3. The molecular weight excluding hydrogens is 668 g/mol. The summed E-state index contributed by atoms with van der Waals surface area (Å²) in [6.45, 7) is 19.0. The summed E-state index contributed by atoms with van der Waals surface area (Å²) in [5.41, 5.74) is 1.85. The number of allylic oxidation sites excluding steroid dienone is 1. The maximum atomic E-state index is 14.3. The van der Waals surface area contributed by atoms with Crippen molar-refractivity contribution in [2.24, 2.45) is 23.7 Å². The lowest BCUT2D eigenvalue weighted by atomic mass is 9.73. The quantitative estimate of drug-likeness (QED) is 0.201. The summed E-state index contributed by atoms with van der Waals surface area (Å²) < 4.78 is 31.3. The number of aromatic amines is 1. The minimum absolute atomic E-state index is 0.139. The molecule has 13 nitrogen and oxygen atoms in total. The van der Waals surface area contributed by atoms with Gasteiger partial charge in [0.1, 0.15) is 23.7 Å². The van der Waals surface area contributed by atoms with Gasteiger partial charge in [-0.3, -0.25) is 14.7 Å². The van der Waals surface area contributed by atoms with Crippen LogP contribution in [0.25, 0.3) is 0 Å². The van der Waals surface area contributed by atoms with Crippen LogP contribution in [0.15, 0.2) is 11.6 Å². The first-order valence-corrected chi connectivity index (χ1v) is 18.9. The SMILES string of the molecule is CC[C@H]1OC(=O)[C@H](C)C(=O)[C@H](C)[C@@H](O[C@@H]2O[C@H](C)C[C@H](N(C)C)[C@H]2O)[C@](C)(OC)C[C@@H](C)/C(=C\Cc2c(C)n[nH]c2C)[C@H](C)C2C[C@]1(C)OC(=O)N2. The topological polar surface area (TPSA) is 162 Å². The zero-order valence-electron chi connectivity index (χ0n) is 33.6. The minimum Gasteiger partial charge on any atom is -0.458 e. The van der Waals surface area contributed by atoms with Crippen molar-refractivity contribution in [2.75, 3.05) is 21.2 Å². The van der Waals surface area contributed by atoms with Crippen LogP contribution in [-0.2, 0) is 39.7 Å². The van der Waals surface area contributed by atoms with E-state index in [4.69, 9.17) is 23.7 Å². The number of esters is 1. The lowest BCUT2D eigenvalue weighted by Crippen LogP contribution is -2.59. The summed E-state index contributed by atoms with van der Waals surface area (Å²) in [5, 5.41) is 22.1. The second-order valence-electron chi connectivity index (χ2n) is 16.3. The Kier molecular flexibility index (Phi) is 13.4. The number of aromatic nitrogens is 2. The fourth-order valence-electron chi connectivity index (χ4n) is 8.76. The van der Waals surface area contributed by atoms with Crippen LogP contribution in [0.5, 0.6) is 0 Å². The normalized spacial score (nSPS) is 40.5. The van der Waals surface area contributed by atoms with E-state index in [0.29, 0.717) is 32.1 Å². The van der Waals surface area contributed by atoms with Gasteiger partial charge >= 0.3 is 12.1 Å². The molecule has 3 aliphatic heterocycles. The Bertz CT molecular complexity index is 1440. The third kappa shape index (κ3) is 8.75. The molecule has 1 amide bonds. The van der Waals surface area contributed by atoms with Crippen LogP contribution in [0, 0.1) is 37.5 Å². The molecule has 4 heterocycles. The first-order chi connectivity index (χ1) is 24.3. The van der Waals surface area contributed by atoms with Crippen molar-refractivity contribution in [2.45, 2.75) is 155 Å². The highest BCUT2D eigenvalue weighted by Gasteiger charge is 2.52. The molecule has 1 aromatic heterocycles. The van der Waals surface area contributed by atoms with Crippen molar-refractivity contribution in [3.8, 4) is 0 Å². The molecule has 13 atom stereocenters. The van der Waals surface area contributed by atoms with Crippen LogP contribution in [0.1, 0.15) is 98.0 Å². The molecule has 1 aromatic rings. The Hall–Kier alpha value is -2.84. The second-order valence-corrected chi connectivity index (χ2v) is 16.3. The largest absolute Gasteiger partial charge is 0.458 e. The molecule has 52 heavy (non-hydrogen) atoms. The molecule has 2 bridgehead atoms. The second kappa shape index (κ2) is 16.7. The number of carbonyl (C=O) groups is 3. The van der Waals surface area contributed by atoms with Crippen LogP contribution in [0.3, 0.4) is 0 Å². The van der Waals surface area contributed by atoms with Gasteiger partial charge in [-0.1, -0.05) is 39.3 Å². The molecule has 3 fully saturated rings. The molecule has 3 N–H and O–H groups in total. The molecule has 13 heteroatoms. The fourth-order valence-corrected chi connectivity index (χ4v) is 8.76. The Morgan fingerprint density at radius 3 is 2.31 bits per heavy atom. The number of likely N-dealkylation sites (N-methyl/N-ethyl adjacent to an activating group) is 1. The van der Waals surface area contributed by atoms with E-state index in [2.05, 4.69) is 35.4 Å². The summed E-state index contributed by atoms with van der Waals surface area (Å²) in [6.07, 6.45) is 0.0289. The van der Waals surface area contributed by atoms with Gasteiger partial charge < -0.3 is 39.0 Å². The monoisotopic (exact) mass is 732 g/mol. The standard InChI is InChI=1S/C39H64N4O9/c1-14-31-38(9)19-29(40-37(47)52-38)22(4)27(15-16-28-25(7)41-42-26(28)8)20(2)18-39(10,48-13)34(23(5)32(44)24(6)35(46)50-31)51-36-33(45)30(43(11)12)17-21(3)49-36/h15,20-24,29-31,33-34,36,45H,14,16-19H2,1-13H3,(H,40,47)(H,41,42)/b27-15+/t20-,21-,22+,23+,24-,29?,30+,31-,33-,34-,36+,38+,39-/m1/s1. The number of nitrogens with zero attached hydrogens (tertiary/aromatic N) is 2. The molecule has 3 saturated heterocycles. The number of fused-ring (bicyclic) bond motifs is 2. The predicted octanol–water partition coefficient (Wildman–Crippen LogP) is 4.81. The van der Waals surface area contributed by atoms with Gasteiger partial charge in [0.05, 0.1) is 23.5 Å². The molecule has 0 saturated carbocycles. The Morgan fingerprint density at radius 2 is 1.73 bits per heavy atom. The number of rotatable bonds is 7. The Morgan fingerprint density at radius 1 is 1.06 bits per heavy atom. The van der Waals surface area contributed by atoms with E-state index in [0.717, 1.165) is 22.5 Å². The molecular formula is C39H64N4O9. The zero-order valence-corrected chi connectivity index (χ0v) is 33.6. The van der Waals surface area contributed by atoms with E-state index in [1.165, 1.54) is 6.92 Å². The fraction of sp³-hybridized carbons (Fsp3) is 0.795. The van der Waals surface area contributed by atoms with Gasteiger partial charge in [-0.05, 0) is 98.7 Å². The molecule has 4 rings (SSSR count). The summed E-state index contributed by atoms with van der Waals surface area (Å²) in [5.74, 6) is -3.43. The Balaban J connectivity index is 1.86. The van der Waals surface area contributed by atoms with Crippen molar-refractivity contribution in [1.29, 1.82) is 0 Å². The summed E-state index contributed by atoms with van der Waals surface area (Å²) >= 11 is 0. The summed E-state index contributed by atoms with van der Waals surface area (Å²) in [6, 6.07) is -0.587. The molecule has 0 spiro atoms. The number of hydrogen-bond donors (Lipinski definition) is 3. The van der Waals surface area contributed by atoms with Crippen LogP contribution < -0.4 is 5.32 Å². The number of amides is 1. The number of aryl methyl sites for hydroxylation is 2. The van der Waals surface area contributed by atoms with Gasteiger partial charge in [-0.25, -0.2) is 4.79 Å². The number of hydrogen-bond acceptors (Lipinski definition) is 11. The highest BCUT2D eigenvalue weighted by molar-refractivity contribution is 6.00. The maximum Gasteiger partial charge on any atom is 0.408 e. The average molecular weight is 733 g/mol. The first-order valence-electron chi connectivity index (χ1n) is 18.9. The lowest BCUT2D eigenvalue weighted by molar-refractivity contribution is -0.295. The molecule has 0 aromatic carbocycles. The molecule has 294 valence electrons. The van der Waals surface area contributed by atoms with Gasteiger partial charge in [0.2, 0.25) is 0 Å². The van der Waals surface area contributed by atoms with Crippen molar-refractivity contribution in [3.05, 3.63) is 28.6 Å². The van der Waals surface area contributed by atoms with E-state index in [-0.39, 0.29) is 30.0 Å². The third-order valence-corrected chi connectivity index (χ3v) is 12.1. The highest BCUT2D eigenvalue weighted by Crippen LogP contribution is 2.42. The number of cyclic esters (lactones) is 1. The van der Waals surface area contributed by atoms with Crippen molar-refractivity contribution < 1.29 is 43.2 Å². The smallest absolute Gasteiger partial charge is 0.408 e. The first kappa shape index (κ1) is 41.9. The number of carbonyl (C=O) groups excluding carboxylic acids is 3. The number of ketones is 1. The number of alkyl carbamates (subject to hydrolysis) is 1. The van der Waals surface area contributed by atoms with Crippen LogP contribution in [-0.4, -0.2) is 113 Å². The van der Waals surface area contributed by atoms with Crippen molar-refractivity contribution in [1.82, 2.24) is 20.4 Å². The van der Waals surface area contributed by atoms with E-state index >= 15 is 0 Å². The van der Waals surface area contributed by atoms with Crippen molar-refractivity contribution in [3.63, 3.8) is 0 Å². The molecule has 0 aliphatic carbocycles. The van der Waals surface area contributed by atoms with Gasteiger partial charge in [-0.2, -0.15) is 5.10 Å². The maximum absolute atomic E-state index is 14.3. The third-order valence-electron chi connectivity index (χ3n) is 12.1. The number of aliphatic hydroxyl groups is 1. The van der Waals surface area contributed by atoms with Crippen LogP contribution in [0.4, 0.5) is 4.79 Å². The highest BCUT2D eigenvalue weighted by atomic mass is 16.7. The van der Waals surface area contributed by atoms with Crippen molar-refractivity contribution >= 4 is 17.8 Å². The van der Waals surface area contributed by atoms with E-state index in [1.807, 2.05) is 53.6 Å². The molecule has 3 aliphatic rings. The summed E-state index contributed by atoms with van der Waals surface area (Å²) in [7, 11) is 5.40. The van der Waals surface area contributed by atoms with E-state index in [9.17, 15) is 19.5 Å². The van der Waals surface area contributed by atoms with Gasteiger partial charge in [0.25, 0.3) is 0 Å². The number of H-pyrrole nitrogens is 1. The van der Waals surface area contributed by atoms with E-state index in [1.54, 1.807) is 21.0 Å². The number of nitrogens with one attached hydrogen (secondary N) is 2. The van der Waals surface area contributed by atoms with Gasteiger partial charge in [-0.15, -0.1) is 0 Å². The average Bonchev–Trinajstić information content (AvgIpc) is 3.40.